The molecular weight excluding hydrogens is 287 g/mol. The maximum Gasteiger partial charge on any atom is 2.00 e. The molecule has 10 heavy (non-hydrogen) atoms. The Balaban J connectivity index is -0.0000000300. The van der Waals surface area contributed by atoms with Crippen LogP contribution in [-0.4, -0.2) is 12.3 Å². The number of carbonyl (C=O) groups is 2. The van der Waals surface area contributed by atoms with Crippen molar-refractivity contribution in [2.45, 2.75) is 0 Å². The van der Waals surface area contributed by atoms with Crippen molar-refractivity contribution in [1.29, 1.82) is 0 Å². The predicted molar refractivity (Wildman–Crippen MR) is 10.8 cm³/mol. The van der Waals surface area contributed by atoms with Crippen LogP contribution in [-0.2, 0) is 44.4 Å². The van der Waals surface area contributed by atoms with Gasteiger partial charge in [0.15, 0.2) is 0 Å². The van der Waals surface area contributed by atoms with Crippen molar-refractivity contribution in [3.8, 4) is 0 Å². The third kappa shape index (κ3) is 1140000. The van der Waals surface area contributed by atoms with Gasteiger partial charge in [0.25, 0.3) is 0 Å². The van der Waals surface area contributed by atoms with Gasteiger partial charge in [-0.15, -0.1) is 0 Å². The Kier molecular flexibility index (Phi) is 36.0. The Bertz CT molecular complexity index is 73.7. The molecule has 0 unspecified atom stereocenters. The van der Waals surface area contributed by atoms with Crippen molar-refractivity contribution >= 4 is 12.3 Å². The van der Waals surface area contributed by atoms with E-state index in [9.17, 15) is 0 Å². The Morgan fingerprint density at radius 1 is 0.800 bits per heavy atom. The molecule has 0 aliphatic rings. The standard InChI is InChI=1S/2CH2O3.Cd.Mn/c2*2-1(3)4;;/h2*(H2,2,3,4);;/q;;2*+2/p-4. The molecule has 53 valence electrons. The molecule has 1 radical (unpaired) electrons. The van der Waals surface area contributed by atoms with Crippen LogP contribution in [0.2, 0.25) is 0 Å². The first-order chi connectivity index (χ1) is 3.46. The average Bonchev–Trinajstić information content (AvgIpc) is 1.25. The minimum absolute atomic E-state index is 0. The molecule has 0 amide bonds. The second-order valence-corrected chi connectivity index (χ2v) is 0.500. The minimum Gasteiger partial charge on any atom is -0.652 e. The average molecular weight is 287 g/mol. The summed E-state index contributed by atoms with van der Waals surface area (Å²) in [5, 5.41) is 33.3. The molecule has 0 spiro atoms. The van der Waals surface area contributed by atoms with Crippen molar-refractivity contribution in [3.63, 3.8) is 0 Å². The van der Waals surface area contributed by atoms with E-state index < -0.39 is 12.3 Å². The molecule has 0 aromatic rings. The summed E-state index contributed by atoms with van der Waals surface area (Å²) in [5.41, 5.74) is 0. The van der Waals surface area contributed by atoms with Crippen molar-refractivity contribution < 1.29 is 74.4 Å². The zero-order chi connectivity index (χ0) is 7.15. The summed E-state index contributed by atoms with van der Waals surface area (Å²) in [6.07, 6.45) is -4.67. The Morgan fingerprint density at radius 3 is 0.800 bits per heavy atom. The van der Waals surface area contributed by atoms with Gasteiger partial charge in [-0.05, 0) is 12.3 Å². The van der Waals surface area contributed by atoms with Crippen molar-refractivity contribution in [3.05, 3.63) is 0 Å². The second-order valence-electron chi connectivity index (χ2n) is 0.500. The van der Waals surface area contributed by atoms with Crippen molar-refractivity contribution in [2.24, 2.45) is 0 Å². The molecule has 6 nitrogen and oxygen atoms in total. The van der Waals surface area contributed by atoms with Crippen LogP contribution in [0.1, 0.15) is 0 Å². The second kappa shape index (κ2) is 16.0. The van der Waals surface area contributed by atoms with Gasteiger partial charge in [-0.3, -0.25) is 0 Å². The number of hydrogen-bond donors (Lipinski definition) is 0. The fourth-order valence-electron chi connectivity index (χ4n) is 0. The topological polar surface area (TPSA) is 126 Å². The van der Waals surface area contributed by atoms with Crippen LogP contribution in [0.5, 0.6) is 0 Å². The summed E-state index contributed by atoms with van der Waals surface area (Å²) >= 11 is 0. The van der Waals surface area contributed by atoms with E-state index in [0.29, 0.717) is 0 Å². The number of rotatable bonds is 0. The van der Waals surface area contributed by atoms with E-state index in [4.69, 9.17) is 30.0 Å². The van der Waals surface area contributed by atoms with Crippen LogP contribution < -0.4 is 20.4 Å². The molecule has 0 rings (SSSR count). The first kappa shape index (κ1) is 22.5. The maximum absolute atomic E-state index is 8.33. The molecule has 0 N–H and O–H groups in total. The molecule has 0 bridgehead atoms. The zero-order valence-electron chi connectivity index (χ0n) is 4.53. The summed E-state index contributed by atoms with van der Waals surface area (Å²) in [6.45, 7) is 0. The molecule has 0 aromatic heterocycles. The van der Waals surface area contributed by atoms with Gasteiger partial charge in [0, 0.05) is 0 Å². The van der Waals surface area contributed by atoms with Crippen molar-refractivity contribution in [1.82, 2.24) is 0 Å². The number of carboxylic acid groups (broad SMARTS) is 4. The monoisotopic (exact) mass is 289 g/mol. The normalized spacial score (nSPS) is 4.80. The quantitative estimate of drug-likeness (QED) is 0.411. The van der Waals surface area contributed by atoms with Crippen LogP contribution in [0, 0.1) is 0 Å². The molecule has 8 heteroatoms. The minimum atomic E-state index is -2.33. The fraction of sp³-hybridized carbons (Fsp3) is 0. The molecule has 0 aliphatic carbocycles. The van der Waals surface area contributed by atoms with Gasteiger partial charge in [-0.1, -0.05) is 0 Å². The third-order valence-corrected chi connectivity index (χ3v) is 0. The van der Waals surface area contributed by atoms with Gasteiger partial charge in [0.1, 0.15) is 0 Å². The molecule has 0 saturated carbocycles. The SMILES string of the molecule is O=C([O-])[O-].O=C([O-])[O-].[Cd+2].[Mn+2]. The summed E-state index contributed by atoms with van der Waals surface area (Å²) in [6, 6.07) is 0. The van der Waals surface area contributed by atoms with Gasteiger partial charge in [0.2, 0.25) is 0 Å². The van der Waals surface area contributed by atoms with Crippen LogP contribution in [0.25, 0.3) is 0 Å². The van der Waals surface area contributed by atoms with Crippen LogP contribution in [0.3, 0.4) is 0 Å². The fourth-order valence-corrected chi connectivity index (χ4v) is 0. The van der Waals surface area contributed by atoms with E-state index in [2.05, 4.69) is 0 Å². The summed E-state index contributed by atoms with van der Waals surface area (Å²) in [7, 11) is 0. The molecule has 0 fully saturated rings. The van der Waals surface area contributed by atoms with E-state index in [1.165, 1.54) is 0 Å². The molecule has 0 aromatic carbocycles. The number of carbonyl (C=O) groups excluding carboxylic acids is 2. The maximum atomic E-state index is 8.33. The van der Waals surface area contributed by atoms with Crippen LogP contribution in [0.15, 0.2) is 0 Å². The van der Waals surface area contributed by atoms with E-state index in [0.717, 1.165) is 0 Å². The summed E-state index contributed by atoms with van der Waals surface area (Å²) < 4.78 is 0. The van der Waals surface area contributed by atoms with Crippen molar-refractivity contribution in [2.75, 3.05) is 0 Å². The zero-order valence-corrected chi connectivity index (χ0v) is 9.75. The molecule has 0 atom stereocenters. The number of hydrogen-bond acceptors (Lipinski definition) is 6. The first-order valence-corrected chi connectivity index (χ1v) is 1.22. The van der Waals surface area contributed by atoms with E-state index in [1.54, 1.807) is 0 Å². The van der Waals surface area contributed by atoms with Gasteiger partial charge in [-0.2, -0.15) is 0 Å². The smallest absolute Gasteiger partial charge is 0.652 e. The Morgan fingerprint density at radius 2 is 0.800 bits per heavy atom. The van der Waals surface area contributed by atoms with E-state index >= 15 is 0 Å². The Hall–Kier alpha value is -0.0184. The van der Waals surface area contributed by atoms with E-state index in [1.807, 2.05) is 0 Å². The van der Waals surface area contributed by atoms with Gasteiger partial charge >= 0.3 is 44.4 Å². The molecular formula is C2CdMnO6. The summed E-state index contributed by atoms with van der Waals surface area (Å²) in [4.78, 5) is 16.7. The molecule has 0 aliphatic heterocycles. The van der Waals surface area contributed by atoms with E-state index in [-0.39, 0.29) is 44.4 Å². The summed E-state index contributed by atoms with van der Waals surface area (Å²) in [5.74, 6) is 0. The largest absolute Gasteiger partial charge is 2.00 e. The van der Waals surface area contributed by atoms with Gasteiger partial charge < -0.3 is 30.0 Å². The van der Waals surface area contributed by atoms with Crippen LogP contribution >= 0.6 is 0 Å². The van der Waals surface area contributed by atoms with Crippen LogP contribution in [0.4, 0.5) is 9.59 Å². The Labute approximate surface area is 86.5 Å². The molecule has 0 heterocycles. The third-order valence-electron chi connectivity index (χ3n) is 0. The molecule has 0 saturated heterocycles. The predicted octanol–water partition coefficient (Wildman–Crippen LogP) is -4.90. The van der Waals surface area contributed by atoms with Gasteiger partial charge in [0.05, 0.1) is 0 Å². The first-order valence-electron chi connectivity index (χ1n) is 1.22. The van der Waals surface area contributed by atoms with Gasteiger partial charge in [-0.25, -0.2) is 0 Å².